The van der Waals surface area contributed by atoms with Gasteiger partial charge in [-0.3, -0.25) is 0 Å². The van der Waals surface area contributed by atoms with Crippen molar-refractivity contribution in [3.8, 4) is 0 Å². The van der Waals surface area contributed by atoms with Crippen molar-refractivity contribution >= 4 is 5.95 Å². The average molecular weight is 261 g/mol. The molecule has 1 aliphatic carbocycles. The minimum Gasteiger partial charge on any atom is -0.335 e. The van der Waals surface area contributed by atoms with E-state index in [0.29, 0.717) is 12.1 Å². The second-order valence-corrected chi connectivity index (χ2v) is 5.81. The maximum atomic E-state index is 4.62. The van der Waals surface area contributed by atoms with Crippen molar-refractivity contribution in [2.24, 2.45) is 0 Å². The van der Waals surface area contributed by atoms with Crippen LogP contribution in [0.25, 0.3) is 0 Å². The van der Waals surface area contributed by atoms with Crippen LogP contribution in [-0.2, 0) is 0 Å². The molecule has 0 radical (unpaired) electrons. The lowest BCUT2D eigenvalue weighted by atomic mass is 10.0. The molecular formula is C14H23N5. The molecule has 0 amide bonds. The molecule has 2 fully saturated rings. The molecule has 3 rings (SSSR count). The molecule has 0 spiro atoms. The van der Waals surface area contributed by atoms with Gasteiger partial charge in [-0.05, 0) is 46.1 Å². The van der Waals surface area contributed by atoms with E-state index in [-0.39, 0.29) is 0 Å². The van der Waals surface area contributed by atoms with Crippen molar-refractivity contribution in [2.45, 2.75) is 58.0 Å². The summed E-state index contributed by atoms with van der Waals surface area (Å²) < 4.78 is 0. The normalized spacial score (nSPS) is 23.4. The summed E-state index contributed by atoms with van der Waals surface area (Å²) in [5.41, 5.74) is 1.92. The van der Waals surface area contributed by atoms with Crippen molar-refractivity contribution < 1.29 is 0 Å². The number of nitrogens with zero attached hydrogens (tertiary/aromatic N) is 4. The first-order valence-electron chi connectivity index (χ1n) is 7.42. The summed E-state index contributed by atoms with van der Waals surface area (Å²) in [5, 5.41) is 12.1. The molecule has 19 heavy (non-hydrogen) atoms. The van der Waals surface area contributed by atoms with Gasteiger partial charge in [0.05, 0.1) is 11.4 Å². The molecule has 1 aromatic heterocycles. The highest BCUT2D eigenvalue weighted by Crippen LogP contribution is 2.30. The third-order valence-electron chi connectivity index (χ3n) is 4.15. The van der Waals surface area contributed by atoms with Crippen LogP contribution in [0, 0.1) is 13.8 Å². The first kappa shape index (κ1) is 12.8. The number of aryl methyl sites for hydroxylation is 2. The number of anilines is 1. The quantitative estimate of drug-likeness (QED) is 0.892. The zero-order chi connectivity index (χ0) is 13.2. The summed E-state index contributed by atoms with van der Waals surface area (Å²) in [6.07, 6.45) is 6.44. The molecule has 1 aliphatic heterocycles. The molecule has 2 heterocycles. The maximum absolute atomic E-state index is 4.62. The zero-order valence-corrected chi connectivity index (χ0v) is 11.9. The lowest BCUT2D eigenvalue weighted by Gasteiger charge is -2.30. The number of rotatable bonds is 4. The van der Waals surface area contributed by atoms with Gasteiger partial charge in [-0.1, -0.05) is 6.42 Å². The summed E-state index contributed by atoms with van der Waals surface area (Å²) in [7, 11) is 0. The van der Waals surface area contributed by atoms with Gasteiger partial charge in [-0.2, -0.15) is 5.10 Å². The lowest BCUT2D eigenvalue weighted by Crippen LogP contribution is -2.45. The molecule has 104 valence electrons. The highest BCUT2D eigenvalue weighted by molar-refractivity contribution is 5.34. The van der Waals surface area contributed by atoms with E-state index in [1.165, 1.54) is 32.1 Å². The Morgan fingerprint density at radius 1 is 1.11 bits per heavy atom. The second kappa shape index (κ2) is 5.41. The minimum absolute atomic E-state index is 0.583. The van der Waals surface area contributed by atoms with E-state index < -0.39 is 0 Å². The Kier molecular flexibility index (Phi) is 3.64. The highest BCUT2D eigenvalue weighted by atomic mass is 15.4. The molecule has 1 aromatic rings. The second-order valence-electron chi connectivity index (χ2n) is 5.81. The van der Waals surface area contributed by atoms with Crippen LogP contribution < -0.4 is 10.2 Å². The fourth-order valence-corrected chi connectivity index (χ4v) is 2.66. The number of hydrogen-bond donors (Lipinski definition) is 1. The molecule has 1 atom stereocenters. The van der Waals surface area contributed by atoms with Gasteiger partial charge in [0.1, 0.15) is 0 Å². The molecule has 1 saturated heterocycles. The van der Waals surface area contributed by atoms with Crippen LogP contribution in [0.1, 0.15) is 43.5 Å². The molecule has 0 bridgehead atoms. The first-order chi connectivity index (χ1) is 9.24. The summed E-state index contributed by atoms with van der Waals surface area (Å²) in [5.74, 6) is 0.818. The van der Waals surface area contributed by atoms with Gasteiger partial charge in [-0.25, -0.2) is 4.98 Å². The molecule has 2 aliphatic rings. The van der Waals surface area contributed by atoms with Crippen molar-refractivity contribution in [1.29, 1.82) is 0 Å². The van der Waals surface area contributed by atoms with Crippen LogP contribution in [0.3, 0.4) is 0 Å². The van der Waals surface area contributed by atoms with Crippen LogP contribution in [0.5, 0.6) is 0 Å². The summed E-state index contributed by atoms with van der Waals surface area (Å²) in [4.78, 5) is 6.99. The average Bonchev–Trinajstić information content (AvgIpc) is 3.25. The molecule has 1 N–H and O–H groups in total. The fraction of sp³-hybridized carbons (Fsp3) is 0.786. The van der Waals surface area contributed by atoms with E-state index in [9.17, 15) is 0 Å². The van der Waals surface area contributed by atoms with Crippen LogP contribution in [0.4, 0.5) is 5.95 Å². The van der Waals surface area contributed by atoms with Gasteiger partial charge in [0.15, 0.2) is 0 Å². The van der Waals surface area contributed by atoms with Gasteiger partial charge < -0.3 is 10.2 Å². The Balaban J connectivity index is 1.74. The van der Waals surface area contributed by atoms with E-state index in [0.717, 1.165) is 30.4 Å². The van der Waals surface area contributed by atoms with E-state index in [1.807, 2.05) is 13.8 Å². The summed E-state index contributed by atoms with van der Waals surface area (Å²) in [6, 6.07) is 1.21. The van der Waals surface area contributed by atoms with Gasteiger partial charge in [0.25, 0.3) is 0 Å². The van der Waals surface area contributed by atoms with Crippen LogP contribution in [-0.4, -0.2) is 40.4 Å². The molecule has 5 heteroatoms. The Labute approximate surface area is 114 Å². The van der Waals surface area contributed by atoms with Crippen LogP contribution >= 0.6 is 0 Å². The van der Waals surface area contributed by atoms with Gasteiger partial charge in [0.2, 0.25) is 5.95 Å². The van der Waals surface area contributed by atoms with Gasteiger partial charge in [-0.15, -0.1) is 5.10 Å². The van der Waals surface area contributed by atoms with Crippen LogP contribution in [0.2, 0.25) is 0 Å². The summed E-state index contributed by atoms with van der Waals surface area (Å²) in [6.45, 7) is 6.14. The predicted octanol–water partition coefficient (Wildman–Crippen LogP) is 1.60. The first-order valence-corrected chi connectivity index (χ1v) is 7.42. The predicted molar refractivity (Wildman–Crippen MR) is 75.3 cm³/mol. The van der Waals surface area contributed by atoms with Crippen molar-refractivity contribution in [3.63, 3.8) is 0 Å². The largest absolute Gasteiger partial charge is 0.335 e. The smallest absolute Gasteiger partial charge is 0.245 e. The number of hydrogen-bond acceptors (Lipinski definition) is 5. The Morgan fingerprint density at radius 2 is 1.95 bits per heavy atom. The van der Waals surface area contributed by atoms with E-state index in [4.69, 9.17) is 0 Å². The van der Waals surface area contributed by atoms with Crippen LogP contribution in [0.15, 0.2) is 0 Å². The number of piperidine rings is 1. The van der Waals surface area contributed by atoms with Crippen molar-refractivity contribution in [3.05, 3.63) is 11.4 Å². The molecule has 1 unspecified atom stereocenters. The topological polar surface area (TPSA) is 53.9 Å². The van der Waals surface area contributed by atoms with Gasteiger partial charge in [0, 0.05) is 18.6 Å². The van der Waals surface area contributed by atoms with E-state index in [1.54, 1.807) is 0 Å². The molecule has 0 aromatic carbocycles. The number of nitrogens with one attached hydrogen (secondary N) is 1. The monoisotopic (exact) mass is 261 g/mol. The van der Waals surface area contributed by atoms with Crippen molar-refractivity contribution in [2.75, 3.05) is 18.0 Å². The zero-order valence-electron chi connectivity index (χ0n) is 11.9. The molecular weight excluding hydrogens is 238 g/mol. The molecule has 1 saturated carbocycles. The van der Waals surface area contributed by atoms with E-state index >= 15 is 0 Å². The lowest BCUT2D eigenvalue weighted by molar-refractivity contribution is 0.396. The highest BCUT2D eigenvalue weighted by Gasteiger charge is 2.33. The summed E-state index contributed by atoms with van der Waals surface area (Å²) >= 11 is 0. The SMILES string of the molecule is Cc1nnc(N(CC2CCCCN2)C2CC2)nc1C. The third kappa shape index (κ3) is 3.03. The Morgan fingerprint density at radius 3 is 2.58 bits per heavy atom. The maximum Gasteiger partial charge on any atom is 0.245 e. The number of aromatic nitrogens is 3. The fourth-order valence-electron chi connectivity index (χ4n) is 2.66. The minimum atomic E-state index is 0.583. The molecule has 5 nitrogen and oxygen atoms in total. The van der Waals surface area contributed by atoms with Crippen molar-refractivity contribution in [1.82, 2.24) is 20.5 Å². The Hall–Kier alpha value is -1.23. The Bertz CT molecular complexity index is 437. The standard InChI is InChI=1S/C14H23N5/c1-10-11(2)17-18-14(16-10)19(13-6-7-13)9-12-5-3-4-8-15-12/h12-13,15H,3-9H2,1-2H3. The third-order valence-corrected chi connectivity index (χ3v) is 4.15. The van der Waals surface area contributed by atoms with E-state index in [2.05, 4.69) is 25.4 Å². The van der Waals surface area contributed by atoms with Gasteiger partial charge >= 0.3 is 0 Å².